The number of hydrogen-bond acceptors (Lipinski definition) is 5. The monoisotopic (exact) mass is 316 g/mol. The predicted octanol–water partition coefficient (Wildman–Crippen LogP) is -4.15. The molecule has 16 heavy (non-hydrogen) atoms. The van der Waals surface area contributed by atoms with Crippen LogP contribution in [0.1, 0.15) is 16.7 Å². The predicted molar refractivity (Wildman–Crippen MR) is 61.7 cm³/mol. The number of carbonyl (C=O) groups is 1. The number of thiocarbonyl (C=S) groups is 1. The quantitative estimate of drug-likeness (QED) is 0.135. The first kappa shape index (κ1) is 23.6. The number of rotatable bonds is 5. The molecule has 1 N–H and O–H groups in total. The minimum absolute atomic E-state index is 0. The molecule has 0 aliphatic rings. The van der Waals surface area contributed by atoms with Crippen molar-refractivity contribution in [3.8, 4) is 0 Å². The third kappa shape index (κ3) is 9.45. The van der Waals surface area contributed by atoms with Crippen LogP contribution in [0.4, 0.5) is 0 Å². The van der Waals surface area contributed by atoms with Gasteiger partial charge in [0.1, 0.15) is 0 Å². The van der Waals surface area contributed by atoms with Crippen LogP contribution < -0.4 is 103 Å². The molecule has 4 nitrogen and oxygen atoms in total. The molecule has 0 unspecified atom stereocenters. The van der Waals surface area contributed by atoms with Crippen LogP contribution in [0.2, 0.25) is 0 Å². The van der Waals surface area contributed by atoms with Gasteiger partial charge in [0.05, 0.1) is 17.4 Å². The summed E-state index contributed by atoms with van der Waals surface area (Å²) in [4.78, 5) is 11.2. The number of aliphatic hydroxyl groups is 1. The van der Waals surface area contributed by atoms with Crippen LogP contribution in [0.15, 0.2) is 11.5 Å². The second-order valence-corrected chi connectivity index (χ2v) is 3.30. The van der Waals surface area contributed by atoms with Gasteiger partial charge in [-0.15, -0.1) is 12.6 Å². The number of aliphatic hydroxyl groups excluding tert-OH is 1. The molecule has 0 saturated carbocycles. The normalized spacial score (nSPS) is 10.2. The van der Waals surface area contributed by atoms with Gasteiger partial charge in [0.25, 0.3) is 5.95 Å². The molecule has 0 amide bonds. The van der Waals surface area contributed by atoms with Gasteiger partial charge in [0.15, 0.2) is 5.57 Å². The van der Waals surface area contributed by atoms with Gasteiger partial charge in [-0.25, -0.2) is 4.79 Å². The van der Waals surface area contributed by atoms with Crippen LogP contribution in [0.25, 0.3) is 0 Å². The Kier molecular flexibility index (Phi) is 20.6. The molecule has 0 radical (unpaired) electrons. The molecule has 84 valence electrons. The number of hydrogen-bond donors (Lipinski definition) is 2. The fourth-order valence-electron chi connectivity index (χ4n) is 0.678. The Bertz CT molecular complexity index is 278. The molecule has 0 aromatic carbocycles. The zero-order valence-corrected chi connectivity index (χ0v) is 17.9. The van der Waals surface area contributed by atoms with E-state index in [1.165, 1.54) is 0 Å². The van der Waals surface area contributed by atoms with Crippen LogP contribution in [0.5, 0.6) is 0 Å². The molecule has 0 aromatic rings. The maximum absolute atomic E-state index is 11.2. The number of esters is 1. The first-order chi connectivity index (χ1) is 6.54. The van der Waals surface area contributed by atoms with E-state index in [0.717, 1.165) is 0 Å². The molecule has 0 bridgehead atoms. The number of carbonyl (C=O) groups excluding carboxylic acids is 1. The maximum Gasteiger partial charge on any atom is 1.00 e. The van der Waals surface area contributed by atoms with Crippen LogP contribution in [0.3, 0.4) is 0 Å². The summed E-state index contributed by atoms with van der Waals surface area (Å²) in [6, 6.07) is 0. The van der Waals surface area contributed by atoms with Crippen molar-refractivity contribution in [2.24, 2.45) is 0 Å². The summed E-state index contributed by atoms with van der Waals surface area (Å²) in [5.41, 5.74) is -0.216. The van der Waals surface area contributed by atoms with Crippen molar-refractivity contribution in [1.29, 1.82) is 0 Å². The summed E-state index contributed by atoms with van der Waals surface area (Å²) in [5.74, 6) is -1.29. The SMILES string of the molecule is CCOC(=O)C(C(=S)S)=C(O)OCC.[H-].[H-].[K+].[K+]. The first-order valence-corrected chi connectivity index (χ1v) is 4.86. The van der Waals surface area contributed by atoms with E-state index >= 15 is 0 Å². The summed E-state index contributed by atoms with van der Waals surface area (Å²) in [6.07, 6.45) is 0. The van der Waals surface area contributed by atoms with E-state index < -0.39 is 11.9 Å². The van der Waals surface area contributed by atoms with Crippen LogP contribution in [0, 0.1) is 0 Å². The minimum atomic E-state index is -0.738. The van der Waals surface area contributed by atoms with Gasteiger partial charge >= 0.3 is 109 Å². The van der Waals surface area contributed by atoms with E-state index in [9.17, 15) is 9.90 Å². The molecule has 0 aliphatic heterocycles. The largest absolute Gasteiger partial charge is 1.00 e. The summed E-state index contributed by atoms with van der Waals surface area (Å²) < 4.78 is 9.33. The zero-order chi connectivity index (χ0) is 11.1. The Morgan fingerprint density at radius 3 is 2.06 bits per heavy atom. The van der Waals surface area contributed by atoms with Crippen molar-refractivity contribution in [1.82, 2.24) is 0 Å². The molecule has 0 rings (SSSR count). The second kappa shape index (κ2) is 13.9. The minimum Gasteiger partial charge on any atom is -1.00 e. The van der Waals surface area contributed by atoms with E-state index in [-0.39, 0.29) is 129 Å². The van der Waals surface area contributed by atoms with Gasteiger partial charge in [-0.05, 0) is 13.8 Å². The second-order valence-electron chi connectivity index (χ2n) is 2.14. The summed E-state index contributed by atoms with van der Waals surface area (Å²) in [7, 11) is 0. The van der Waals surface area contributed by atoms with Crippen molar-refractivity contribution < 1.29 is 125 Å². The summed E-state index contributed by atoms with van der Waals surface area (Å²) >= 11 is 8.45. The standard InChI is InChI=1S/C8H12O4S2.2K.2H/c1-3-11-6(9)5(8(13)14)7(10)12-4-2;;;;/h9H,3-4H2,1-2H3,(H,13,14);;;;/q;2*+1;2*-1. The van der Waals surface area contributed by atoms with Crippen molar-refractivity contribution in [3.05, 3.63) is 11.5 Å². The van der Waals surface area contributed by atoms with Gasteiger partial charge < -0.3 is 17.4 Å². The third-order valence-corrected chi connectivity index (χ3v) is 1.62. The van der Waals surface area contributed by atoms with Gasteiger partial charge in [-0.1, -0.05) is 12.2 Å². The van der Waals surface area contributed by atoms with E-state index in [1.54, 1.807) is 13.8 Å². The van der Waals surface area contributed by atoms with Crippen molar-refractivity contribution in [2.45, 2.75) is 13.8 Å². The fourth-order valence-corrected chi connectivity index (χ4v) is 1.04. The van der Waals surface area contributed by atoms with E-state index in [4.69, 9.17) is 4.74 Å². The Hall–Kier alpha value is 2.52. The topological polar surface area (TPSA) is 55.8 Å². The number of thiol groups is 1. The molecule has 8 heteroatoms. The third-order valence-electron chi connectivity index (χ3n) is 1.19. The Morgan fingerprint density at radius 1 is 1.31 bits per heavy atom. The van der Waals surface area contributed by atoms with Crippen LogP contribution >= 0.6 is 24.8 Å². The molecule has 0 aliphatic carbocycles. The van der Waals surface area contributed by atoms with Gasteiger partial charge in [-0.2, -0.15) is 0 Å². The Balaban J connectivity index is -0.000000141. The first-order valence-electron chi connectivity index (χ1n) is 4.01. The summed E-state index contributed by atoms with van der Waals surface area (Å²) in [6.45, 7) is 3.73. The smallest absolute Gasteiger partial charge is 1.00 e. The van der Waals surface area contributed by atoms with Gasteiger partial charge in [-0.3, -0.25) is 0 Å². The average molecular weight is 317 g/mol. The van der Waals surface area contributed by atoms with Crippen molar-refractivity contribution in [3.63, 3.8) is 0 Å². The van der Waals surface area contributed by atoms with E-state index in [2.05, 4.69) is 29.6 Å². The summed E-state index contributed by atoms with van der Waals surface area (Å²) in [5, 5.41) is 9.30. The molecule has 0 aromatic heterocycles. The zero-order valence-electron chi connectivity index (χ0n) is 11.9. The molecule has 0 heterocycles. The Morgan fingerprint density at radius 2 is 1.75 bits per heavy atom. The van der Waals surface area contributed by atoms with Crippen LogP contribution in [-0.4, -0.2) is 28.5 Å². The molecular formula is C8H14K2O4S2. The van der Waals surface area contributed by atoms with Crippen LogP contribution in [-0.2, 0) is 14.3 Å². The van der Waals surface area contributed by atoms with Gasteiger partial charge in [0, 0.05) is 0 Å². The van der Waals surface area contributed by atoms with E-state index in [0.29, 0.717) is 0 Å². The van der Waals surface area contributed by atoms with Crippen molar-refractivity contribution >= 4 is 35.0 Å². The Labute approximate surface area is 194 Å². The molecule has 0 spiro atoms. The number of ether oxygens (including phenoxy) is 2. The maximum atomic E-state index is 11.2. The molecule has 0 atom stereocenters. The van der Waals surface area contributed by atoms with E-state index in [1.807, 2.05) is 0 Å². The van der Waals surface area contributed by atoms with Gasteiger partial charge in [0.2, 0.25) is 0 Å². The fraction of sp³-hybridized carbons (Fsp3) is 0.500. The molecule has 0 fully saturated rings. The van der Waals surface area contributed by atoms with Crippen molar-refractivity contribution in [2.75, 3.05) is 13.2 Å². The molecule has 0 saturated heterocycles. The molecular weight excluding hydrogens is 302 g/mol. The average Bonchev–Trinajstić information content (AvgIpc) is 2.04.